The second-order valence-electron chi connectivity index (χ2n) is 6.47. The van der Waals surface area contributed by atoms with Crippen molar-refractivity contribution in [1.29, 1.82) is 0 Å². The number of hydrogen-bond acceptors (Lipinski definition) is 4. The van der Waals surface area contributed by atoms with Crippen LogP contribution in [0.1, 0.15) is 10.4 Å². The molecule has 0 aliphatic heterocycles. The van der Waals surface area contributed by atoms with E-state index < -0.39 is 15.9 Å². The number of carbonyl (C=O) groups excluding carboxylic acids is 1. The molecule has 0 saturated carbocycles. The highest BCUT2D eigenvalue weighted by Crippen LogP contribution is 2.19. The number of carbonyl (C=O) groups is 1. The van der Waals surface area contributed by atoms with Crippen LogP contribution in [0.5, 0.6) is 0 Å². The molecule has 0 radical (unpaired) electrons. The number of nitrogens with zero attached hydrogens (tertiary/aromatic N) is 2. The number of amides is 1. The van der Waals surface area contributed by atoms with Gasteiger partial charge in [-0.3, -0.25) is 9.52 Å². The predicted molar refractivity (Wildman–Crippen MR) is 119 cm³/mol. The van der Waals surface area contributed by atoms with Crippen molar-refractivity contribution in [2.24, 2.45) is 12.0 Å². The second-order valence-corrected chi connectivity index (χ2v) is 9.59. The van der Waals surface area contributed by atoms with Crippen LogP contribution in [0, 0.1) is 0 Å². The van der Waals surface area contributed by atoms with Crippen molar-refractivity contribution < 1.29 is 13.2 Å². The van der Waals surface area contributed by atoms with Crippen LogP contribution in [-0.4, -0.2) is 18.9 Å². The van der Waals surface area contributed by atoms with Crippen molar-refractivity contribution in [2.45, 2.75) is 4.90 Å². The Morgan fingerprint density at radius 1 is 1.00 bits per heavy atom. The highest BCUT2D eigenvalue weighted by atomic mass is 35.5. The predicted octanol–water partition coefficient (Wildman–Crippen LogP) is 4.44. The fourth-order valence-electron chi connectivity index (χ4n) is 2.85. The SMILES string of the molecule is Cn1c(=NC(=O)c2ccc(NS(=O)(=O)c3ccc(Cl)cc3)cc2)sc2ccccc21. The second kappa shape index (κ2) is 8.06. The van der Waals surface area contributed by atoms with Crippen LogP contribution in [0.2, 0.25) is 5.02 Å². The number of nitrogens with one attached hydrogen (secondary N) is 1. The van der Waals surface area contributed by atoms with Crippen LogP contribution in [0.3, 0.4) is 0 Å². The van der Waals surface area contributed by atoms with E-state index in [1.165, 1.54) is 47.7 Å². The number of thiazole rings is 1. The molecule has 4 rings (SSSR count). The van der Waals surface area contributed by atoms with E-state index in [1.54, 1.807) is 12.1 Å². The Balaban J connectivity index is 1.56. The number of aryl methyl sites for hydroxylation is 1. The average Bonchev–Trinajstić information content (AvgIpc) is 3.04. The summed E-state index contributed by atoms with van der Waals surface area (Å²) in [4.78, 5) is 17.5. The summed E-state index contributed by atoms with van der Waals surface area (Å²) in [6.45, 7) is 0. The van der Waals surface area contributed by atoms with E-state index in [0.717, 1.165) is 10.2 Å². The summed E-state index contributed by atoms with van der Waals surface area (Å²) in [7, 11) is -1.89. The zero-order valence-electron chi connectivity index (χ0n) is 15.7. The first-order chi connectivity index (χ1) is 14.3. The van der Waals surface area contributed by atoms with Crippen LogP contribution in [0.25, 0.3) is 10.2 Å². The molecule has 3 aromatic carbocycles. The third kappa shape index (κ3) is 4.16. The van der Waals surface area contributed by atoms with Gasteiger partial charge >= 0.3 is 0 Å². The molecule has 0 unspecified atom stereocenters. The number of hydrogen-bond donors (Lipinski definition) is 1. The van der Waals surface area contributed by atoms with Crippen LogP contribution in [0.15, 0.2) is 82.7 Å². The average molecular weight is 458 g/mol. The van der Waals surface area contributed by atoms with Crippen LogP contribution in [0.4, 0.5) is 5.69 Å². The Hall–Kier alpha value is -2.94. The molecule has 152 valence electrons. The lowest BCUT2D eigenvalue weighted by atomic mass is 10.2. The quantitative estimate of drug-likeness (QED) is 0.492. The lowest BCUT2D eigenvalue weighted by Gasteiger charge is -2.08. The maximum Gasteiger partial charge on any atom is 0.279 e. The zero-order valence-corrected chi connectivity index (χ0v) is 18.1. The molecule has 1 aromatic heterocycles. The monoisotopic (exact) mass is 457 g/mol. The Labute approximate surface area is 182 Å². The Bertz CT molecular complexity index is 1400. The molecule has 0 atom stereocenters. The third-order valence-electron chi connectivity index (χ3n) is 4.42. The molecular weight excluding hydrogens is 442 g/mol. The number of fused-ring (bicyclic) bond motifs is 1. The van der Waals surface area contributed by atoms with Crippen molar-refractivity contribution in [2.75, 3.05) is 4.72 Å². The molecule has 4 aromatic rings. The first-order valence-electron chi connectivity index (χ1n) is 8.85. The topological polar surface area (TPSA) is 80.5 Å². The normalized spacial score (nSPS) is 12.3. The van der Waals surface area contributed by atoms with Crippen molar-refractivity contribution in [3.05, 3.63) is 88.2 Å². The van der Waals surface area contributed by atoms with E-state index in [9.17, 15) is 13.2 Å². The maximum atomic E-state index is 12.6. The van der Waals surface area contributed by atoms with Crippen LogP contribution < -0.4 is 9.52 Å². The summed E-state index contributed by atoms with van der Waals surface area (Å²) in [5.74, 6) is -0.399. The van der Waals surface area contributed by atoms with E-state index in [-0.39, 0.29) is 4.90 Å². The van der Waals surface area contributed by atoms with Gasteiger partial charge in [-0.25, -0.2) is 8.42 Å². The fourth-order valence-corrected chi connectivity index (χ4v) is 5.05. The standard InChI is InChI=1S/C21H16ClN3O3S2/c1-25-18-4-2-3-5-19(18)29-21(25)23-20(26)14-6-10-16(11-7-14)24-30(27,28)17-12-8-15(22)9-13-17/h2-13,24H,1H3. The molecule has 0 aliphatic rings. The largest absolute Gasteiger partial charge is 0.319 e. The zero-order chi connectivity index (χ0) is 21.3. The Morgan fingerprint density at radius 2 is 1.67 bits per heavy atom. The first-order valence-corrected chi connectivity index (χ1v) is 11.5. The highest BCUT2D eigenvalue weighted by molar-refractivity contribution is 7.92. The molecule has 1 N–H and O–H groups in total. The molecule has 0 aliphatic carbocycles. The van der Waals surface area contributed by atoms with Gasteiger partial charge in [0.15, 0.2) is 4.80 Å². The van der Waals surface area contributed by atoms with Gasteiger partial charge in [0, 0.05) is 23.3 Å². The summed E-state index contributed by atoms with van der Waals surface area (Å²) >= 11 is 7.23. The summed E-state index contributed by atoms with van der Waals surface area (Å²) in [6, 6.07) is 19.8. The first kappa shape index (κ1) is 20.3. The van der Waals surface area contributed by atoms with Gasteiger partial charge in [0.2, 0.25) is 0 Å². The summed E-state index contributed by atoms with van der Waals surface area (Å²) in [5, 5.41) is 0.451. The molecule has 1 heterocycles. The molecule has 0 fully saturated rings. The molecule has 9 heteroatoms. The van der Waals surface area contributed by atoms with Gasteiger partial charge in [-0.1, -0.05) is 35.1 Å². The number of para-hydroxylation sites is 1. The lowest BCUT2D eigenvalue weighted by molar-refractivity contribution is 0.0998. The van der Waals surface area contributed by atoms with E-state index in [0.29, 0.717) is 21.1 Å². The number of rotatable bonds is 4. The number of benzene rings is 3. The van der Waals surface area contributed by atoms with E-state index >= 15 is 0 Å². The minimum Gasteiger partial charge on any atom is -0.319 e. The van der Waals surface area contributed by atoms with Gasteiger partial charge in [-0.15, -0.1) is 0 Å². The third-order valence-corrected chi connectivity index (χ3v) is 7.18. The molecule has 0 spiro atoms. The number of sulfonamides is 1. The van der Waals surface area contributed by atoms with Crippen molar-refractivity contribution in [1.82, 2.24) is 4.57 Å². The van der Waals surface area contributed by atoms with Gasteiger partial charge in [-0.2, -0.15) is 4.99 Å². The van der Waals surface area contributed by atoms with E-state index in [1.807, 2.05) is 35.9 Å². The van der Waals surface area contributed by atoms with E-state index in [2.05, 4.69) is 9.71 Å². The maximum absolute atomic E-state index is 12.6. The number of halogens is 1. The Morgan fingerprint density at radius 3 is 2.33 bits per heavy atom. The van der Waals surface area contributed by atoms with Crippen LogP contribution in [-0.2, 0) is 17.1 Å². The van der Waals surface area contributed by atoms with Gasteiger partial charge < -0.3 is 4.57 Å². The molecule has 0 saturated heterocycles. The van der Waals surface area contributed by atoms with Crippen molar-refractivity contribution in [3.63, 3.8) is 0 Å². The number of anilines is 1. The molecule has 1 amide bonds. The van der Waals surface area contributed by atoms with Gasteiger partial charge in [0.05, 0.1) is 15.1 Å². The summed E-state index contributed by atoms with van der Waals surface area (Å²) < 4.78 is 30.3. The van der Waals surface area contributed by atoms with Crippen molar-refractivity contribution >= 4 is 54.8 Å². The van der Waals surface area contributed by atoms with Crippen molar-refractivity contribution in [3.8, 4) is 0 Å². The minimum atomic E-state index is -3.75. The smallest absolute Gasteiger partial charge is 0.279 e. The van der Waals surface area contributed by atoms with Gasteiger partial charge in [-0.05, 0) is 60.7 Å². The summed E-state index contributed by atoms with van der Waals surface area (Å²) in [5.41, 5.74) is 1.71. The lowest BCUT2D eigenvalue weighted by Crippen LogP contribution is -2.14. The molecule has 6 nitrogen and oxygen atoms in total. The molecule has 30 heavy (non-hydrogen) atoms. The number of aromatic nitrogens is 1. The van der Waals surface area contributed by atoms with E-state index in [4.69, 9.17) is 11.6 Å². The minimum absolute atomic E-state index is 0.0966. The Kier molecular flexibility index (Phi) is 5.46. The molecular formula is C21H16ClN3O3S2. The van der Waals surface area contributed by atoms with Crippen LogP contribution >= 0.6 is 22.9 Å². The fraction of sp³-hybridized carbons (Fsp3) is 0.0476. The van der Waals surface area contributed by atoms with Gasteiger partial charge in [0.25, 0.3) is 15.9 Å². The summed E-state index contributed by atoms with van der Waals surface area (Å²) in [6.07, 6.45) is 0. The molecule has 0 bridgehead atoms. The van der Waals surface area contributed by atoms with Gasteiger partial charge in [0.1, 0.15) is 0 Å². The highest BCUT2D eigenvalue weighted by Gasteiger charge is 2.14.